The van der Waals surface area contributed by atoms with Crippen LogP contribution in [0.3, 0.4) is 0 Å². The third-order valence-corrected chi connectivity index (χ3v) is 4.90. The average molecular weight is 331 g/mol. The van der Waals surface area contributed by atoms with Gasteiger partial charge in [-0.1, -0.05) is 0 Å². The number of carbonyl (C=O) groups excluding carboxylic acids is 1. The number of fused-ring (bicyclic) bond motifs is 2. The number of amides is 1. The Morgan fingerprint density at radius 1 is 1.09 bits per heavy atom. The summed E-state index contributed by atoms with van der Waals surface area (Å²) in [6.45, 7) is 0. The van der Waals surface area contributed by atoms with Gasteiger partial charge in [0.15, 0.2) is 5.58 Å². The molecule has 0 unspecified atom stereocenters. The van der Waals surface area contributed by atoms with Gasteiger partial charge >= 0.3 is 0 Å². The summed E-state index contributed by atoms with van der Waals surface area (Å²) in [4.78, 5) is 26.0. The fourth-order valence-electron chi connectivity index (χ4n) is 2.33. The van der Waals surface area contributed by atoms with Crippen molar-refractivity contribution in [2.75, 3.05) is 12.5 Å². The Bertz CT molecular complexity index is 963. The predicted octanol–water partition coefficient (Wildman–Crippen LogP) is 3.49. The fraction of sp³-hybridized carbons (Fsp3) is 0.125. The summed E-state index contributed by atoms with van der Waals surface area (Å²) < 4.78 is 5.90. The molecular formula is C16H13NO3S2. The molecule has 22 heavy (non-hydrogen) atoms. The van der Waals surface area contributed by atoms with Crippen LogP contribution in [0.5, 0.6) is 0 Å². The van der Waals surface area contributed by atoms with Crippen molar-refractivity contribution in [2.24, 2.45) is 5.73 Å². The molecule has 0 aliphatic carbocycles. The molecular weight excluding hydrogens is 318 g/mol. The van der Waals surface area contributed by atoms with E-state index in [1.54, 1.807) is 23.9 Å². The van der Waals surface area contributed by atoms with Crippen LogP contribution in [0.15, 0.2) is 49.3 Å². The van der Waals surface area contributed by atoms with E-state index in [1.165, 1.54) is 17.8 Å². The first-order valence-corrected chi connectivity index (χ1v) is 8.92. The lowest BCUT2D eigenvalue weighted by molar-refractivity contribution is 0.100. The van der Waals surface area contributed by atoms with Crippen LogP contribution in [-0.2, 0) is 0 Å². The topological polar surface area (TPSA) is 73.3 Å². The molecule has 0 radical (unpaired) electrons. The highest BCUT2D eigenvalue weighted by Gasteiger charge is 2.14. The van der Waals surface area contributed by atoms with Crippen molar-refractivity contribution in [1.29, 1.82) is 0 Å². The van der Waals surface area contributed by atoms with Gasteiger partial charge in [0.1, 0.15) is 5.58 Å². The Balaban J connectivity index is 2.46. The molecule has 2 N–H and O–H groups in total. The number of rotatable bonds is 3. The van der Waals surface area contributed by atoms with Crippen molar-refractivity contribution in [1.82, 2.24) is 0 Å². The minimum absolute atomic E-state index is 0.148. The summed E-state index contributed by atoms with van der Waals surface area (Å²) in [5.41, 5.74) is 6.46. The van der Waals surface area contributed by atoms with E-state index >= 15 is 0 Å². The van der Waals surface area contributed by atoms with E-state index in [9.17, 15) is 9.59 Å². The molecule has 0 saturated heterocycles. The zero-order valence-corrected chi connectivity index (χ0v) is 13.6. The van der Waals surface area contributed by atoms with E-state index in [4.69, 9.17) is 10.2 Å². The number of primary amides is 1. The molecule has 2 aromatic carbocycles. The lowest BCUT2D eigenvalue weighted by Gasteiger charge is -2.08. The minimum Gasteiger partial charge on any atom is -0.455 e. The lowest BCUT2D eigenvalue weighted by Crippen LogP contribution is -2.12. The highest BCUT2D eigenvalue weighted by atomic mass is 32.2. The summed E-state index contributed by atoms with van der Waals surface area (Å²) in [6, 6.07) is 8.50. The Labute approximate surface area is 135 Å². The third-order valence-electron chi connectivity index (χ3n) is 3.45. The number of hydrogen-bond acceptors (Lipinski definition) is 5. The van der Waals surface area contributed by atoms with Crippen molar-refractivity contribution in [3.05, 3.63) is 46.1 Å². The Kier molecular flexibility index (Phi) is 3.88. The molecule has 0 bridgehead atoms. The van der Waals surface area contributed by atoms with Crippen molar-refractivity contribution in [3.8, 4) is 0 Å². The first-order valence-electron chi connectivity index (χ1n) is 6.47. The molecule has 0 aliphatic heterocycles. The first kappa shape index (κ1) is 15.0. The maximum Gasteiger partial charge on any atom is 0.248 e. The summed E-state index contributed by atoms with van der Waals surface area (Å²) in [5.74, 6) is -0.566. The van der Waals surface area contributed by atoms with Gasteiger partial charge in [0, 0.05) is 10.5 Å². The number of hydrogen-bond donors (Lipinski definition) is 1. The highest BCUT2D eigenvalue weighted by Crippen LogP contribution is 2.32. The van der Waals surface area contributed by atoms with Crippen molar-refractivity contribution in [2.45, 2.75) is 9.79 Å². The van der Waals surface area contributed by atoms with E-state index < -0.39 is 5.91 Å². The van der Waals surface area contributed by atoms with Crippen LogP contribution in [0, 0.1) is 0 Å². The molecule has 1 heterocycles. The largest absolute Gasteiger partial charge is 0.455 e. The van der Waals surface area contributed by atoms with Crippen LogP contribution in [0.1, 0.15) is 10.4 Å². The van der Waals surface area contributed by atoms with Gasteiger partial charge in [-0.2, -0.15) is 0 Å². The zero-order chi connectivity index (χ0) is 15.9. The molecule has 0 fully saturated rings. The molecule has 0 spiro atoms. The van der Waals surface area contributed by atoms with Crippen LogP contribution in [0.2, 0.25) is 0 Å². The van der Waals surface area contributed by atoms with Gasteiger partial charge in [0.25, 0.3) is 0 Å². The predicted molar refractivity (Wildman–Crippen MR) is 92.1 cm³/mol. The third kappa shape index (κ3) is 2.38. The van der Waals surface area contributed by atoms with Crippen molar-refractivity contribution in [3.63, 3.8) is 0 Å². The SMILES string of the molecule is CSc1cc(SC)c2oc3ccc(C(N)=O)cc3c(=O)c2c1. The van der Waals surface area contributed by atoms with E-state index in [-0.39, 0.29) is 5.43 Å². The van der Waals surface area contributed by atoms with Crippen molar-refractivity contribution < 1.29 is 9.21 Å². The molecule has 1 aromatic heterocycles. The lowest BCUT2D eigenvalue weighted by atomic mass is 10.1. The molecule has 3 rings (SSSR count). The fourth-order valence-corrected chi connectivity index (χ4v) is 3.45. The maximum absolute atomic E-state index is 12.8. The van der Waals surface area contributed by atoms with Gasteiger partial charge < -0.3 is 10.2 Å². The van der Waals surface area contributed by atoms with Gasteiger partial charge in [-0.05, 0) is 42.8 Å². The molecule has 0 aliphatic rings. The van der Waals surface area contributed by atoms with Crippen LogP contribution in [0.4, 0.5) is 0 Å². The molecule has 0 saturated carbocycles. The monoisotopic (exact) mass is 331 g/mol. The van der Waals surface area contributed by atoms with E-state index in [0.29, 0.717) is 27.5 Å². The van der Waals surface area contributed by atoms with Crippen LogP contribution in [0.25, 0.3) is 21.9 Å². The standard InChI is InChI=1S/C16H13NO3S2/c1-21-9-6-11-14(18)10-5-8(16(17)19)3-4-12(10)20-15(11)13(7-9)22-2/h3-7H,1-2H3,(H2,17,19). The number of thioether (sulfide) groups is 2. The van der Waals surface area contributed by atoms with Gasteiger partial charge in [-0.3, -0.25) is 9.59 Å². The van der Waals surface area contributed by atoms with E-state index in [1.807, 2.05) is 24.6 Å². The van der Waals surface area contributed by atoms with Crippen molar-refractivity contribution >= 4 is 51.4 Å². The summed E-state index contributed by atoms with van der Waals surface area (Å²) >= 11 is 3.10. The Hall–Kier alpha value is -1.92. The van der Waals surface area contributed by atoms with Gasteiger partial charge in [-0.25, -0.2) is 0 Å². The second-order valence-corrected chi connectivity index (χ2v) is 6.44. The van der Waals surface area contributed by atoms with Crippen LogP contribution in [-0.4, -0.2) is 18.4 Å². The molecule has 4 nitrogen and oxygen atoms in total. The summed E-state index contributed by atoms with van der Waals surface area (Å²) in [7, 11) is 0. The summed E-state index contributed by atoms with van der Waals surface area (Å²) in [5, 5.41) is 0.888. The number of carbonyl (C=O) groups is 1. The van der Waals surface area contributed by atoms with Gasteiger partial charge in [0.2, 0.25) is 11.3 Å². The highest BCUT2D eigenvalue weighted by molar-refractivity contribution is 7.99. The normalized spacial score (nSPS) is 11.2. The molecule has 0 atom stereocenters. The second kappa shape index (κ2) is 5.70. The Morgan fingerprint density at radius 3 is 2.50 bits per heavy atom. The van der Waals surface area contributed by atoms with Gasteiger partial charge in [0.05, 0.1) is 15.7 Å². The Morgan fingerprint density at radius 2 is 1.86 bits per heavy atom. The second-order valence-electron chi connectivity index (χ2n) is 4.71. The quantitative estimate of drug-likeness (QED) is 0.587. The minimum atomic E-state index is -0.566. The maximum atomic E-state index is 12.8. The molecule has 1 amide bonds. The summed E-state index contributed by atoms with van der Waals surface area (Å²) in [6.07, 6.45) is 3.90. The molecule has 3 aromatic rings. The van der Waals surface area contributed by atoms with Crippen LogP contribution < -0.4 is 11.2 Å². The average Bonchev–Trinajstić information content (AvgIpc) is 2.54. The zero-order valence-electron chi connectivity index (χ0n) is 12.0. The first-order chi connectivity index (χ1) is 10.5. The van der Waals surface area contributed by atoms with Gasteiger partial charge in [-0.15, -0.1) is 23.5 Å². The molecule has 112 valence electrons. The van der Waals surface area contributed by atoms with Crippen LogP contribution >= 0.6 is 23.5 Å². The molecule has 6 heteroatoms. The smallest absolute Gasteiger partial charge is 0.248 e. The van der Waals surface area contributed by atoms with E-state index in [2.05, 4.69) is 0 Å². The number of nitrogens with two attached hydrogens (primary N) is 1. The number of benzene rings is 2. The van der Waals surface area contributed by atoms with E-state index in [0.717, 1.165) is 9.79 Å².